The number of aliphatic hydroxyl groups excluding tert-OH is 1. The van der Waals surface area contributed by atoms with Crippen LogP contribution in [0.4, 0.5) is 0 Å². The summed E-state index contributed by atoms with van der Waals surface area (Å²) in [5.41, 5.74) is 0.0537. The Morgan fingerprint density at radius 1 is 1.37 bits per heavy atom. The van der Waals surface area contributed by atoms with E-state index in [1.165, 1.54) is 12.5 Å². The molecule has 0 bridgehead atoms. The van der Waals surface area contributed by atoms with Gasteiger partial charge in [0.2, 0.25) is 0 Å². The van der Waals surface area contributed by atoms with Crippen molar-refractivity contribution in [2.75, 3.05) is 39.5 Å². The highest BCUT2D eigenvalue weighted by Gasteiger charge is 2.40. The third-order valence-electron chi connectivity index (χ3n) is 5.24. The zero-order valence-electron chi connectivity index (χ0n) is 17.2. The first kappa shape index (κ1) is 22.2. The Kier molecular flexibility index (Phi) is 7.81. The molecule has 164 valence electrons. The van der Waals surface area contributed by atoms with Crippen LogP contribution in [-0.2, 0) is 11.3 Å². The molecule has 4 N–H and O–H groups in total. The largest absolute Gasteiger partial charge is 0.491 e. The van der Waals surface area contributed by atoms with E-state index in [1.54, 1.807) is 0 Å². The number of aromatic nitrogens is 2. The fraction of sp³-hybridized carbons (Fsp3) is 0.524. The number of hydrogen-bond donors (Lipinski definition) is 4. The normalized spacial score (nSPS) is 22.0. The summed E-state index contributed by atoms with van der Waals surface area (Å²) in [5, 5.41) is 24.0. The van der Waals surface area contributed by atoms with Gasteiger partial charge in [0.25, 0.3) is 5.91 Å². The Hall–Kier alpha value is -2.46. The average molecular weight is 418 g/mol. The van der Waals surface area contributed by atoms with Gasteiger partial charge < -0.3 is 30.0 Å². The smallest absolute Gasteiger partial charge is 0.269 e. The van der Waals surface area contributed by atoms with Crippen molar-refractivity contribution in [3.63, 3.8) is 0 Å². The van der Waals surface area contributed by atoms with Crippen molar-refractivity contribution in [3.05, 3.63) is 48.0 Å². The van der Waals surface area contributed by atoms with Crippen LogP contribution < -0.4 is 10.1 Å². The lowest BCUT2D eigenvalue weighted by Gasteiger charge is -2.42. The summed E-state index contributed by atoms with van der Waals surface area (Å²) in [7, 11) is 0. The Labute approximate surface area is 176 Å². The van der Waals surface area contributed by atoms with Gasteiger partial charge >= 0.3 is 0 Å². The number of benzene rings is 1. The minimum Gasteiger partial charge on any atom is -0.491 e. The Morgan fingerprint density at radius 3 is 2.83 bits per heavy atom. The van der Waals surface area contributed by atoms with Gasteiger partial charge in [-0.15, -0.1) is 0 Å². The number of carbonyl (C=O) groups is 1. The second kappa shape index (κ2) is 10.5. The molecule has 1 amide bonds. The molecule has 1 fully saturated rings. The van der Waals surface area contributed by atoms with Crippen LogP contribution in [0.25, 0.3) is 0 Å². The van der Waals surface area contributed by atoms with Gasteiger partial charge in [-0.2, -0.15) is 0 Å². The number of nitrogens with one attached hydrogen (secondary N) is 2. The summed E-state index contributed by atoms with van der Waals surface area (Å²) in [6, 6.07) is 7.83. The molecule has 2 heterocycles. The van der Waals surface area contributed by atoms with Crippen molar-refractivity contribution in [1.29, 1.82) is 0 Å². The highest BCUT2D eigenvalue weighted by molar-refractivity contribution is 5.91. The van der Waals surface area contributed by atoms with E-state index in [-0.39, 0.29) is 12.5 Å². The van der Waals surface area contributed by atoms with Crippen LogP contribution in [0.1, 0.15) is 29.4 Å². The molecule has 1 aromatic heterocycles. The van der Waals surface area contributed by atoms with Gasteiger partial charge in [0.1, 0.15) is 23.7 Å². The molecule has 1 saturated heterocycles. The summed E-state index contributed by atoms with van der Waals surface area (Å²) in [5.74, 6) is 0.429. The molecule has 0 spiro atoms. The van der Waals surface area contributed by atoms with Crippen molar-refractivity contribution in [3.8, 4) is 5.75 Å². The number of H-pyrrole nitrogens is 1. The molecule has 9 heteroatoms. The first-order chi connectivity index (χ1) is 14.5. The fourth-order valence-electron chi connectivity index (χ4n) is 3.39. The number of piperidine rings is 1. The summed E-state index contributed by atoms with van der Waals surface area (Å²) in [6.45, 7) is 5.28. The topological polar surface area (TPSA) is 120 Å². The zero-order chi connectivity index (χ0) is 21.4. The van der Waals surface area contributed by atoms with E-state index in [9.17, 15) is 15.0 Å². The van der Waals surface area contributed by atoms with Crippen LogP contribution in [0.15, 0.2) is 36.8 Å². The van der Waals surface area contributed by atoms with Crippen LogP contribution in [0.2, 0.25) is 0 Å². The predicted molar refractivity (Wildman–Crippen MR) is 110 cm³/mol. The maximum absolute atomic E-state index is 12.0. The lowest BCUT2D eigenvalue weighted by Crippen LogP contribution is -2.60. The number of β-amino-alcohol motifs (C(OH)–C–C–N with tert-alkyl or cyclic N) is 1. The number of nitrogens with zero attached hydrogens (tertiary/aromatic N) is 2. The number of aliphatic hydroxyl groups is 2. The number of carbonyl (C=O) groups excluding carboxylic acids is 1. The Morgan fingerprint density at radius 2 is 2.17 bits per heavy atom. The van der Waals surface area contributed by atoms with Gasteiger partial charge in [0.05, 0.1) is 25.2 Å². The number of amides is 1. The first-order valence-electron chi connectivity index (χ1n) is 10.2. The monoisotopic (exact) mass is 418 g/mol. The van der Waals surface area contributed by atoms with Crippen LogP contribution in [-0.4, -0.2) is 82.1 Å². The van der Waals surface area contributed by atoms with Crippen molar-refractivity contribution < 1.29 is 24.5 Å². The first-order valence-corrected chi connectivity index (χ1v) is 10.2. The van der Waals surface area contributed by atoms with Gasteiger partial charge in [-0.05, 0) is 31.0 Å². The maximum atomic E-state index is 12.0. The minimum absolute atomic E-state index is 0.0202. The van der Waals surface area contributed by atoms with Crippen molar-refractivity contribution >= 4 is 5.91 Å². The maximum Gasteiger partial charge on any atom is 0.269 e. The molecule has 2 aromatic rings. The van der Waals surface area contributed by atoms with Crippen LogP contribution in [0.3, 0.4) is 0 Å². The standard InChI is InChI=1S/C21H30N4O5/c1-2-29-9-10-30-17-5-3-16(4-6-17)12-25-8-7-21(28,19(26)13-25)14-23-20(27)18-11-22-15-24-18/h3-6,11,15,19,26,28H,2,7-10,12-14H2,1H3,(H,22,24)(H,23,27)/t19-,21-/m1/s1. The molecule has 9 nitrogen and oxygen atoms in total. The van der Waals surface area contributed by atoms with Gasteiger partial charge in [-0.25, -0.2) is 4.98 Å². The molecule has 0 unspecified atom stereocenters. The van der Waals surface area contributed by atoms with Gasteiger partial charge in [0, 0.05) is 32.8 Å². The molecule has 3 rings (SSSR count). The summed E-state index contributed by atoms with van der Waals surface area (Å²) >= 11 is 0. The highest BCUT2D eigenvalue weighted by atomic mass is 16.5. The van der Waals surface area contributed by atoms with Crippen LogP contribution >= 0.6 is 0 Å². The summed E-state index contributed by atoms with van der Waals surface area (Å²) in [4.78, 5) is 20.6. The zero-order valence-corrected chi connectivity index (χ0v) is 17.2. The molecule has 1 aromatic carbocycles. The lowest BCUT2D eigenvalue weighted by molar-refractivity contribution is -0.116. The lowest BCUT2D eigenvalue weighted by atomic mass is 9.88. The van der Waals surface area contributed by atoms with Gasteiger partial charge in [0.15, 0.2) is 0 Å². The molecule has 0 aliphatic carbocycles. The minimum atomic E-state index is -1.36. The highest BCUT2D eigenvalue weighted by Crippen LogP contribution is 2.24. The van der Waals surface area contributed by atoms with E-state index in [0.29, 0.717) is 51.6 Å². The number of aromatic amines is 1. The summed E-state index contributed by atoms with van der Waals surface area (Å²) in [6.07, 6.45) is 2.22. The SMILES string of the molecule is CCOCCOc1ccc(CN2CC[C@@](O)(CNC(=O)c3cnc[nH]3)[C@H](O)C2)cc1. The quantitative estimate of drug-likeness (QED) is 0.416. The third-order valence-corrected chi connectivity index (χ3v) is 5.24. The molecule has 1 aliphatic rings. The fourth-order valence-corrected chi connectivity index (χ4v) is 3.39. The van der Waals surface area contributed by atoms with Crippen molar-refractivity contribution in [2.45, 2.75) is 31.6 Å². The van der Waals surface area contributed by atoms with E-state index < -0.39 is 11.7 Å². The molecular formula is C21H30N4O5. The number of rotatable bonds is 10. The second-order valence-electron chi connectivity index (χ2n) is 7.44. The van der Waals surface area contributed by atoms with Crippen molar-refractivity contribution in [2.24, 2.45) is 0 Å². The number of hydrogen-bond acceptors (Lipinski definition) is 7. The van der Waals surface area contributed by atoms with E-state index in [4.69, 9.17) is 9.47 Å². The molecular weight excluding hydrogens is 388 g/mol. The van der Waals surface area contributed by atoms with E-state index >= 15 is 0 Å². The van der Waals surface area contributed by atoms with E-state index in [0.717, 1.165) is 11.3 Å². The number of imidazole rings is 1. The average Bonchev–Trinajstić information content (AvgIpc) is 3.29. The third kappa shape index (κ3) is 6.02. The number of ether oxygens (including phenoxy) is 2. The second-order valence-corrected chi connectivity index (χ2v) is 7.44. The summed E-state index contributed by atoms with van der Waals surface area (Å²) < 4.78 is 10.9. The molecule has 30 heavy (non-hydrogen) atoms. The van der Waals surface area contributed by atoms with Gasteiger partial charge in [-0.3, -0.25) is 9.69 Å². The Balaban J connectivity index is 1.44. The number of likely N-dealkylation sites (tertiary alicyclic amines) is 1. The van der Waals surface area contributed by atoms with Crippen LogP contribution in [0.5, 0.6) is 5.75 Å². The van der Waals surface area contributed by atoms with E-state index in [1.807, 2.05) is 31.2 Å². The van der Waals surface area contributed by atoms with Crippen molar-refractivity contribution in [1.82, 2.24) is 20.2 Å². The van der Waals surface area contributed by atoms with Gasteiger partial charge in [-0.1, -0.05) is 12.1 Å². The molecule has 0 radical (unpaired) electrons. The predicted octanol–water partition coefficient (Wildman–Crippen LogP) is 0.553. The van der Waals surface area contributed by atoms with Crippen LogP contribution in [0, 0.1) is 0 Å². The molecule has 1 aliphatic heterocycles. The molecule has 2 atom stereocenters. The van der Waals surface area contributed by atoms with E-state index in [2.05, 4.69) is 20.2 Å². The molecule has 0 saturated carbocycles. The Bertz CT molecular complexity index is 783.